The SMILES string of the molecule is CCCCCCCc1cccc(OCCCCCC(=O)NC2(CC(=O)OCC)CCN(C)CC2)c1.[HH]. The summed E-state index contributed by atoms with van der Waals surface area (Å²) >= 11 is 0. The third-order valence-corrected chi connectivity index (χ3v) is 6.92. The smallest absolute Gasteiger partial charge is 0.308 e. The molecule has 0 aliphatic carbocycles. The van der Waals surface area contributed by atoms with Crippen LogP contribution in [0.1, 0.15) is 97.9 Å². The standard InChI is InChI=1S/C29H48N2O4.H2/c1-4-6-7-8-10-14-25-15-13-16-26(23-25)35-22-12-9-11-17-27(32)30-29(24-28(33)34-5-2)18-20-31(3)21-19-29;/h13,15-16,23H,4-12,14,17-22,24H2,1-3H3,(H,30,32);1H. The molecule has 0 radical (unpaired) electrons. The lowest BCUT2D eigenvalue weighted by Gasteiger charge is -2.40. The molecule has 0 bridgehead atoms. The van der Waals surface area contributed by atoms with Crippen LogP contribution in [-0.2, 0) is 20.7 Å². The van der Waals surface area contributed by atoms with Gasteiger partial charge >= 0.3 is 5.97 Å². The van der Waals surface area contributed by atoms with Gasteiger partial charge in [0.15, 0.2) is 0 Å². The van der Waals surface area contributed by atoms with E-state index in [4.69, 9.17) is 9.47 Å². The van der Waals surface area contributed by atoms with Crippen LogP contribution < -0.4 is 10.1 Å². The van der Waals surface area contributed by atoms with Crippen LogP contribution in [0.3, 0.4) is 0 Å². The number of hydrogen-bond acceptors (Lipinski definition) is 5. The highest BCUT2D eigenvalue weighted by Gasteiger charge is 2.37. The average Bonchev–Trinajstić information content (AvgIpc) is 2.83. The first-order valence-electron chi connectivity index (χ1n) is 13.8. The third-order valence-electron chi connectivity index (χ3n) is 6.92. The number of carbonyl (C=O) groups excluding carboxylic acids is 2. The van der Waals surface area contributed by atoms with Crippen LogP contribution in [0, 0.1) is 0 Å². The van der Waals surface area contributed by atoms with Crippen molar-refractivity contribution in [1.82, 2.24) is 10.2 Å². The lowest BCUT2D eigenvalue weighted by molar-refractivity contribution is -0.145. The molecule has 1 aromatic rings. The Morgan fingerprint density at radius 3 is 2.51 bits per heavy atom. The highest BCUT2D eigenvalue weighted by molar-refractivity contribution is 5.78. The van der Waals surface area contributed by atoms with Gasteiger partial charge in [-0.3, -0.25) is 9.59 Å². The Labute approximate surface area is 214 Å². The van der Waals surface area contributed by atoms with Gasteiger partial charge in [0, 0.05) is 20.9 Å². The average molecular weight is 491 g/mol. The largest absolute Gasteiger partial charge is 0.494 e. The van der Waals surface area contributed by atoms with Crippen molar-refractivity contribution in [2.75, 3.05) is 33.4 Å². The van der Waals surface area contributed by atoms with Crippen molar-refractivity contribution in [2.24, 2.45) is 0 Å². The summed E-state index contributed by atoms with van der Waals surface area (Å²) in [6.45, 7) is 6.84. The van der Waals surface area contributed by atoms with E-state index >= 15 is 0 Å². The maximum absolute atomic E-state index is 12.7. The van der Waals surface area contributed by atoms with Crippen molar-refractivity contribution in [3.05, 3.63) is 29.8 Å². The van der Waals surface area contributed by atoms with E-state index < -0.39 is 5.54 Å². The molecule has 1 saturated heterocycles. The van der Waals surface area contributed by atoms with E-state index in [1.54, 1.807) is 0 Å². The molecule has 2 rings (SSSR count). The van der Waals surface area contributed by atoms with Crippen LogP contribution in [0.5, 0.6) is 5.75 Å². The molecular weight excluding hydrogens is 440 g/mol. The zero-order chi connectivity index (χ0) is 25.4. The second-order valence-electron chi connectivity index (χ2n) is 10.1. The van der Waals surface area contributed by atoms with Gasteiger partial charge in [-0.2, -0.15) is 0 Å². The molecule has 0 aromatic heterocycles. The van der Waals surface area contributed by atoms with Crippen molar-refractivity contribution in [2.45, 2.75) is 103 Å². The van der Waals surface area contributed by atoms with Gasteiger partial charge in [0.25, 0.3) is 0 Å². The molecule has 1 aromatic carbocycles. The summed E-state index contributed by atoms with van der Waals surface area (Å²) in [5, 5.41) is 3.20. The molecule has 0 atom stereocenters. The minimum atomic E-state index is -0.472. The molecule has 1 N–H and O–H groups in total. The monoisotopic (exact) mass is 490 g/mol. The van der Waals surface area contributed by atoms with Gasteiger partial charge in [-0.1, -0.05) is 44.7 Å². The summed E-state index contributed by atoms with van der Waals surface area (Å²) < 4.78 is 11.1. The zero-order valence-electron chi connectivity index (χ0n) is 22.4. The van der Waals surface area contributed by atoms with Crippen LogP contribution in [0.2, 0.25) is 0 Å². The summed E-state index contributed by atoms with van der Waals surface area (Å²) in [6, 6.07) is 8.46. The molecule has 0 unspecified atom stereocenters. The number of esters is 1. The topological polar surface area (TPSA) is 67.9 Å². The minimum Gasteiger partial charge on any atom is -0.494 e. The second kappa shape index (κ2) is 16.6. The lowest BCUT2D eigenvalue weighted by Crippen LogP contribution is -2.55. The van der Waals surface area contributed by atoms with Gasteiger partial charge in [0.05, 0.1) is 25.2 Å². The number of nitrogens with one attached hydrogen (secondary N) is 1. The number of hydrogen-bond donors (Lipinski definition) is 1. The van der Waals surface area contributed by atoms with E-state index in [1.165, 1.54) is 37.7 Å². The van der Waals surface area contributed by atoms with E-state index in [0.717, 1.165) is 57.4 Å². The van der Waals surface area contributed by atoms with Crippen LogP contribution in [-0.4, -0.2) is 55.7 Å². The van der Waals surface area contributed by atoms with E-state index in [2.05, 4.69) is 42.4 Å². The maximum Gasteiger partial charge on any atom is 0.308 e. The number of carbonyl (C=O) groups is 2. The predicted molar refractivity (Wildman–Crippen MR) is 144 cm³/mol. The van der Waals surface area contributed by atoms with E-state index in [-0.39, 0.29) is 19.7 Å². The number of aryl methyl sites for hydroxylation is 1. The van der Waals surface area contributed by atoms with Crippen LogP contribution in [0.25, 0.3) is 0 Å². The van der Waals surface area contributed by atoms with Gasteiger partial charge in [-0.25, -0.2) is 0 Å². The van der Waals surface area contributed by atoms with Gasteiger partial charge in [0.1, 0.15) is 5.75 Å². The minimum absolute atomic E-state index is 0. The first-order chi connectivity index (χ1) is 17.0. The van der Waals surface area contributed by atoms with Gasteiger partial charge in [-0.15, -0.1) is 0 Å². The summed E-state index contributed by atoms with van der Waals surface area (Å²) in [5.41, 5.74) is 0.876. The molecule has 6 heteroatoms. The fourth-order valence-corrected chi connectivity index (χ4v) is 4.72. The summed E-state index contributed by atoms with van der Waals surface area (Å²) in [7, 11) is 2.07. The fourth-order valence-electron chi connectivity index (χ4n) is 4.72. The van der Waals surface area contributed by atoms with Gasteiger partial charge in [-0.05, 0) is 76.6 Å². The zero-order valence-corrected chi connectivity index (χ0v) is 22.4. The van der Waals surface area contributed by atoms with Crippen molar-refractivity contribution < 1.29 is 20.5 Å². The Balaban J connectivity index is 0.00000648. The Kier molecular flexibility index (Phi) is 13.8. The second-order valence-corrected chi connectivity index (χ2v) is 10.1. The summed E-state index contributed by atoms with van der Waals surface area (Å²) in [5.74, 6) is 0.749. The van der Waals surface area contributed by atoms with E-state index in [0.29, 0.717) is 19.6 Å². The summed E-state index contributed by atoms with van der Waals surface area (Å²) in [6.07, 6.45) is 12.6. The number of benzene rings is 1. The first kappa shape index (κ1) is 29.2. The first-order valence-corrected chi connectivity index (χ1v) is 13.8. The van der Waals surface area contributed by atoms with Crippen molar-refractivity contribution in [3.8, 4) is 5.75 Å². The molecule has 1 aliphatic rings. The quantitative estimate of drug-likeness (QED) is 0.217. The summed E-state index contributed by atoms with van der Waals surface area (Å²) in [4.78, 5) is 27.0. The Hall–Kier alpha value is -2.08. The van der Waals surface area contributed by atoms with Crippen molar-refractivity contribution in [3.63, 3.8) is 0 Å². The number of likely N-dealkylation sites (tertiary alicyclic amines) is 1. The van der Waals surface area contributed by atoms with Crippen LogP contribution in [0.4, 0.5) is 0 Å². The maximum atomic E-state index is 12.7. The predicted octanol–water partition coefficient (Wildman–Crippen LogP) is 5.92. The lowest BCUT2D eigenvalue weighted by atomic mass is 9.84. The molecule has 1 heterocycles. The van der Waals surface area contributed by atoms with E-state index in [1.807, 2.05) is 13.0 Å². The van der Waals surface area contributed by atoms with Crippen molar-refractivity contribution >= 4 is 11.9 Å². The fraction of sp³-hybridized carbons (Fsp3) is 0.724. The molecule has 6 nitrogen and oxygen atoms in total. The molecule has 35 heavy (non-hydrogen) atoms. The number of rotatable bonds is 17. The highest BCUT2D eigenvalue weighted by atomic mass is 16.5. The molecule has 0 spiro atoms. The van der Waals surface area contributed by atoms with Gasteiger partial charge < -0.3 is 19.7 Å². The number of piperidine rings is 1. The Bertz CT molecular complexity index is 751. The number of amides is 1. The van der Waals surface area contributed by atoms with Gasteiger partial charge in [0.2, 0.25) is 5.91 Å². The Morgan fingerprint density at radius 2 is 1.77 bits per heavy atom. The van der Waals surface area contributed by atoms with Crippen molar-refractivity contribution in [1.29, 1.82) is 0 Å². The molecule has 0 saturated carbocycles. The van der Waals surface area contributed by atoms with Crippen LogP contribution >= 0.6 is 0 Å². The molecule has 200 valence electrons. The number of ether oxygens (including phenoxy) is 2. The Morgan fingerprint density at radius 1 is 1.03 bits per heavy atom. The molecular formula is C29H50N2O4. The van der Waals surface area contributed by atoms with E-state index in [9.17, 15) is 9.59 Å². The molecule has 1 amide bonds. The third kappa shape index (κ3) is 11.9. The van der Waals surface area contributed by atoms with Crippen LogP contribution in [0.15, 0.2) is 24.3 Å². The normalized spacial score (nSPS) is 15.5. The number of unbranched alkanes of at least 4 members (excludes halogenated alkanes) is 6. The number of nitrogens with zero attached hydrogens (tertiary/aromatic N) is 1. The molecule has 1 fully saturated rings. The molecule has 1 aliphatic heterocycles. The highest BCUT2D eigenvalue weighted by Crippen LogP contribution is 2.26.